The van der Waals surface area contributed by atoms with Crippen molar-refractivity contribution >= 4 is 28.9 Å². The standard InChI is InChI=1S/C19H20N4O2S/c1-3-15-6-4-5-7-17(15)21-19(26)23-22-18(24)13(2)25-16-10-8-14(12-20)9-11-16/h4-11,13H,3H2,1-2H3,(H,22,24)(H2,21,23,26)/t13-/m1/s1. The molecule has 3 N–H and O–H groups in total. The Kier molecular flexibility index (Phi) is 6.94. The minimum Gasteiger partial charge on any atom is -0.481 e. The third kappa shape index (κ3) is 5.46. The monoisotopic (exact) mass is 368 g/mol. The molecule has 2 aromatic rings. The molecular formula is C19H20N4O2S. The van der Waals surface area contributed by atoms with Crippen molar-refractivity contribution < 1.29 is 9.53 Å². The van der Waals surface area contributed by atoms with Crippen molar-refractivity contribution in [2.75, 3.05) is 5.32 Å². The van der Waals surface area contributed by atoms with Crippen LogP contribution in [-0.2, 0) is 11.2 Å². The van der Waals surface area contributed by atoms with Crippen molar-refractivity contribution in [2.24, 2.45) is 0 Å². The van der Waals surface area contributed by atoms with Crippen LogP contribution >= 0.6 is 12.2 Å². The molecule has 0 heterocycles. The molecule has 26 heavy (non-hydrogen) atoms. The number of nitrogens with one attached hydrogen (secondary N) is 3. The number of thiocarbonyl (C=S) groups is 1. The van der Waals surface area contributed by atoms with E-state index in [-0.39, 0.29) is 11.0 Å². The predicted molar refractivity (Wildman–Crippen MR) is 105 cm³/mol. The van der Waals surface area contributed by atoms with Gasteiger partial charge in [0.25, 0.3) is 5.91 Å². The lowest BCUT2D eigenvalue weighted by atomic mass is 10.1. The van der Waals surface area contributed by atoms with Crippen LogP contribution in [0.1, 0.15) is 25.0 Å². The van der Waals surface area contributed by atoms with Gasteiger partial charge in [0.15, 0.2) is 11.2 Å². The Morgan fingerprint density at radius 3 is 2.54 bits per heavy atom. The molecule has 0 aromatic heterocycles. The number of carbonyl (C=O) groups is 1. The van der Waals surface area contributed by atoms with E-state index >= 15 is 0 Å². The maximum atomic E-state index is 12.1. The van der Waals surface area contributed by atoms with Crippen LogP contribution in [0.25, 0.3) is 0 Å². The van der Waals surface area contributed by atoms with Crippen molar-refractivity contribution in [1.29, 1.82) is 5.26 Å². The number of nitriles is 1. The second kappa shape index (κ2) is 9.39. The van der Waals surface area contributed by atoms with Crippen LogP contribution in [0, 0.1) is 11.3 Å². The second-order valence-electron chi connectivity index (χ2n) is 5.48. The Balaban J connectivity index is 1.83. The van der Waals surface area contributed by atoms with Crippen LogP contribution in [0.3, 0.4) is 0 Å². The van der Waals surface area contributed by atoms with E-state index in [1.165, 1.54) is 0 Å². The first-order valence-corrected chi connectivity index (χ1v) is 8.56. The lowest BCUT2D eigenvalue weighted by molar-refractivity contribution is -0.127. The molecule has 2 rings (SSSR count). The molecule has 0 aliphatic heterocycles. The van der Waals surface area contributed by atoms with Crippen LogP contribution in [0.2, 0.25) is 0 Å². The molecule has 0 saturated heterocycles. The molecule has 0 saturated carbocycles. The number of benzene rings is 2. The number of rotatable bonds is 5. The minimum atomic E-state index is -0.735. The van der Waals surface area contributed by atoms with E-state index in [1.54, 1.807) is 31.2 Å². The summed E-state index contributed by atoms with van der Waals surface area (Å²) in [6, 6.07) is 16.4. The lowest BCUT2D eigenvalue weighted by Gasteiger charge is -2.17. The Morgan fingerprint density at radius 1 is 1.19 bits per heavy atom. The fourth-order valence-electron chi connectivity index (χ4n) is 2.19. The van der Waals surface area contributed by atoms with Crippen LogP contribution in [0.15, 0.2) is 48.5 Å². The van der Waals surface area contributed by atoms with Gasteiger partial charge in [-0.05, 0) is 61.5 Å². The van der Waals surface area contributed by atoms with E-state index in [0.29, 0.717) is 11.3 Å². The number of hydrogen-bond acceptors (Lipinski definition) is 4. The van der Waals surface area contributed by atoms with Gasteiger partial charge < -0.3 is 10.1 Å². The number of para-hydroxylation sites is 1. The number of aryl methyl sites for hydroxylation is 1. The fraction of sp³-hybridized carbons (Fsp3) is 0.211. The summed E-state index contributed by atoms with van der Waals surface area (Å²) >= 11 is 5.20. The molecule has 0 unspecified atom stereocenters. The SMILES string of the molecule is CCc1ccccc1NC(=S)NNC(=O)[C@@H](C)Oc1ccc(C#N)cc1. The average molecular weight is 368 g/mol. The first kappa shape index (κ1) is 19.2. The molecule has 2 aromatic carbocycles. The van der Waals surface area contributed by atoms with Gasteiger partial charge in [0, 0.05) is 5.69 Å². The van der Waals surface area contributed by atoms with Gasteiger partial charge in [0.2, 0.25) is 0 Å². The summed E-state index contributed by atoms with van der Waals surface area (Å²) in [6.45, 7) is 3.68. The van der Waals surface area contributed by atoms with Gasteiger partial charge in [-0.3, -0.25) is 15.6 Å². The zero-order valence-corrected chi connectivity index (χ0v) is 15.4. The summed E-state index contributed by atoms with van der Waals surface area (Å²) in [5, 5.41) is 12.1. The first-order chi connectivity index (χ1) is 12.5. The molecule has 6 nitrogen and oxygen atoms in total. The summed E-state index contributed by atoms with van der Waals surface area (Å²) in [6.07, 6.45) is 0.134. The minimum absolute atomic E-state index is 0.282. The number of hydrogen-bond donors (Lipinski definition) is 3. The highest BCUT2D eigenvalue weighted by molar-refractivity contribution is 7.80. The molecule has 7 heteroatoms. The lowest BCUT2D eigenvalue weighted by Crippen LogP contribution is -2.48. The smallest absolute Gasteiger partial charge is 0.279 e. The second-order valence-corrected chi connectivity index (χ2v) is 5.88. The van der Waals surface area contributed by atoms with Crippen LogP contribution in [0.4, 0.5) is 5.69 Å². The topological polar surface area (TPSA) is 86.2 Å². The summed E-state index contributed by atoms with van der Waals surface area (Å²) in [5.41, 5.74) is 7.72. The van der Waals surface area contributed by atoms with Gasteiger partial charge in [-0.15, -0.1) is 0 Å². The normalized spacial score (nSPS) is 11.0. The molecule has 0 aliphatic rings. The first-order valence-electron chi connectivity index (χ1n) is 8.15. The highest BCUT2D eigenvalue weighted by Crippen LogP contribution is 2.15. The number of ether oxygens (including phenoxy) is 1. The molecule has 0 radical (unpaired) electrons. The molecule has 1 amide bonds. The summed E-state index contributed by atoms with van der Waals surface area (Å²) in [7, 11) is 0. The van der Waals surface area contributed by atoms with Crippen LogP contribution in [-0.4, -0.2) is 17.1 Å². The van der Waals surface area contributed by atoms with Crippen molar-refractivity contribution in [3.05, 3.63) is 59.7 Å². The third-order valence-corrected chi connectivity index (χ3v) is 3.82. The molecule has 134 valence electrons. The van der Waals surface area contributed by atoms with E-state index in [9.17, 15) is 4.79 Å². The molecule has 0 spiro atoms. The van der Waals surface area contributed by atoms with Crippen molar-refractivity contribution in [3.63, 3.8) is 0 Å². The summed E-state index contributed by atoms with van der Waals surface area (Å²) in [5.74, 6) is 0.131. The Hall–Kier alpha value is -3.11. The van der Waals surface area contributed by atoms with Crippen molar-refractivity contribution in [1.82, 2.24) is 10.9 Å². The van der Waals surface area contributed by atoms with Crippen molar-refractivity contribution in [2.45, 2.75) is 26.4 Å². The number of hydrazine groups is 1. The van der Waals surface area contributed by atoms with Gasteiger partial charge in [0.1, 0.15) is 5.75 Å². The van der Waals surface area contributed by atoms with E-state index in [4.69, 9.17) is 22.2 Å². The van der Waals surface area contributed by atoms with Crippen LogP contribution < -0.4 is 20.9 Å². The maximum Gasteiger partial charge on any atom is 0.279 e. The number of carbonyl (C=O) groups excluding carboxylic acids is 1. The van der Waals surface area contributed by atoms with Gasteiger partial charge in [-0.1, -0.05) is 25.1 Å². The van der Waals surface area contributed by atoms with Crippen molar-refractivity contribution in [3.8, 4) is 11.8 Å². The zero-order valence-electron chi connectivity index (χ0n) is 14.6. The van der Waals surface area contributed by atoms with Gasteiger partial charge in [-0.25, -0.2) is 0 Å². The molecular weight excluding hydrogens is 348 g/mol. The highest BCUT2D eigenvalue weighted by Gasteiger charge is 2.15. The fourth-order valence-corrected chi connectivity index (χ4v) is 2.35. The zero-order chi connectivity index (χ0) is 18.9. The predicted octanol–water partition coefficient (Wildman–Crippen LogP) is 2.91. The molecule has 0 bridgehead atoms. The van der Waals surface area contributed by atoms with Gasteiger partial charge >= 0.3 is 0 Å². The van der Waals surface area contributed by atoms with E-state index in [1.807, 2.05) is 30.3 Å². The quantitative estimate of drug-likeness (QED) is 0.556. The van der Waals surface area contributed by atoms with Gasteiger partial charge in [0.05, 0.1) is 11.6 Å². The maximum absolute atomic E-state index is 12.1. The third-order valence-electron chi connectivity index (χ3n) is 3.61. The van der Waals surface area contributed by atoms with E-state index < -0.39 is 6.10 Å². The highest BCUT2D eigenvalue weighted by atomic mass is 32.1. The van der Waals surface area contributed by atoms with E-state index in [0.717, 1.165) is 17.7 Å². The summed E-state index contributed by atoms with van der Waals surface area (Å²) in [4.78, 5) is 12.1. The van der Waals surface area contributed by atoms with E-state index in [2.05, 4.69) is 23.1 Å². The number of amides is 1. The molecule has 0 fully saturated rings. The van der Waals surface area contributed by atoms with Gasteiger partial charge in [-0.2, -0.15) is 5.26 Å². The Bertz CT molecular complexity index is 815. The largest absolute Gasteiger partial charge is 0.481 e. The average Bonchev–Trinajstić information content (AvgIpc) is 2.67. The Labute approximate surface area is 158 Å². The molecule has 0 aliphatic carbocycles. The molecule has 1 atom stereocenters. The Morgan fingerprint density at radius 2 is 1.88 bits per heavy atom. The number of anilines is 1. The number of nitrogens with zero attached hydrogens (tertiary/aromatic N) is 1. The summed E-state index contributed by atoms with van der Waals surface area (Å²) < 4.78 is 5.54. The van der Waals surface area contributed by atoms with Crippen LogP contribution in [0.5, 0.6) is 5.75 Å².